The third kappa shape index (κ3) is 3.95. The summed E-state index contributed by atoms with van der Waals surface area (Å²) in [5.41, 5.74) is 3.21. The second-order valence-corrected chi connectivity index (χ2v) is 10.2. The van der Waals surface area contributed by atoms with Gasteiger partial charge >= 0.3 is 0 Å². The maximum absolute atomic E-state index is 13.8. The van der Waals surface area contributed by atoms with Crippen molar-refractivity contribution < 1.29 is 4.74 Å². The number of hydrogen-bond donors (Lipinski definition) is 0. The van der Waals surface area contributed by atoms with Crippen molar-refractivity contribution in [3.8, 4) is 5.69 Å². The van der Waals surface area contributed by atoms with Gasteiger partial charge in [0, 0.05) is 17.1 Å². The third-order valence-electron chi connectivity index (χ3n) is 5.68. The Hall–Kier alpha value is -2.41. The van der Waals surface area contributed by atoms with Gasteiger partial charge in [0.05, 0.1) is 23.8 Å². The summed E-state index contributed by atoms with van der Waals surface area (Å²) < 4.78 is 7.83. The Balaban J connectivity index is 1.65. The van der Waals surface area contributed by atoms with Crippen LogP contribution in [0.15, 0.2) is 70.6 Å². The lowest BCUT2D eigenvalue weighted by molar-refractivity contribution is 0.00200. The van der Waals surface area contributed by atoms with E-state index in [1.165, 1.54) is 5.56 Å². The van der Waals surface area contributed by atoms with Gasteiger partial charge in [-0.1, -0.05) is 74.1 Å². The monoisotopic (exact) mass is 448 g/mol. The average molecular weight is 449 g/mol. The number of hydrogen-bond acceptors (Lipinski definition) is 5. The molecule has 4 nitrogen and oxygen atoms in total. The van der Waals surface area contributed by atoms with E-state index in [1.54, 1.807) is 27.7 Å². The third-order valence-corrected chi connectivity index (χ3v) is 7.79. The molecule has 2 aromatic carbocycles. The molecule has 4 aromatic rings. The minimum atomic E-state index is 0.0219. The molecule has 0 fully saturated rings. The van der Waals surface area contributed by atoms with Gasteiger partial charge in [0.2, 0.25) is 0 Å². The first-order valence-electron chi connectivity index (χ1n) is 10.5. The molecule has 3 heterocycles. The van der Waals surface area contributed by atoms with Crippen molar-refractivity contribution in [2.24, 2.45) is 5.92 Å². The van der Waals surface area contributed by atoms with Gasteiger partial charge in [0.1, 0.15) is 4.83 Å². The number of para-hydroxylation sites is 1. The van der Waals surface area contributed by atoms with Crippen molar-refractivity contribution in [3.05, 3.63) is 87.0 Å². The molecule has 0 radical (unpaired) electrons. The molecule has 6 heteroatoms. The second-order valence-electron chi connectivity index (χ2n) is 8.13. The van der Waals surface area contributed by atoms with Gasteiger partial charge in [-0.15, -0.1) is 11.3 Å². The first-order chi connectivity index (χ1) is 15.1. The van der Waals surface area contributed by atoms with E-state index in [-0.39, 0.29) is 11.7 Å². The van der Waals surface area contributed by atoms with Crippen LogP contribution in [0.4, 0.5) is 0 Å². The molecule has 0 aliphatic carbocycles. The quantitative estimate of drug-likeness (QED) is 0.284. The highest BCUT2D eigenvalue weighted by atomic mass is 32.2. The largest absolute Gasteiger partial charge is 0.372 e. The number of thioether (sulfide) groups is 1. The Morgan fingerprint density at radius 2 is 1.84 bits per heavy atom. The van der Waals surface area contributed by atoms with E-state index in [9.17, 15) is 4.79 Å². The van der Waals surface area contributed by atoms with Crippen LogP contribution in [0, 0.1) is 5.92 Å². The lowest BCUT2D eigenvalue weighted by Crippen LogP contribution is -2.28. The van der Waals surface area contributed by atoms with Crippen LogP contribution < -0.4 is 5.56 Å². The maximum atomic E-state index is 13.8. The molecular formula is C25H24N2O2S2. The summed E-state index contributed by atoms with van der Waals surface area (Å²) in [5.74, 6) is 1.17. The van der Waals surface area contributed by atoms with Gasteiger partial charge < -0.3 is 4.74 Å². The number of rotatable bonds is 5. The summed E-state index contributed by atoms with van der Waals surface area (Å²) in [6.07, 6.45) is 0.914. The highest BCUT2D eigenvalue weighted by molar-refractivity contribution is 7.98. The topological polar surface area (TPSA) is 44.1 Å². The lowest BCUT2D eigenvalue weighted by atomic mass is 9.96. The minimum absolute atomic E-state index is 0.0219. The number of ether oxygens (including phenoxy) is 1. The molecule has 0 amide bonds. The van der Waals surface area contributed by atoms with Crippen molar-refractivity contribution in [2.45, 2.75) is 43.9 Å². The van der Waals surface area contributed by atoms with Crippen LogP contribution in [0.25, 0.3) is 15.9 Å². The number of fused-ring (bicyclic) bond motifs is 3. The lowest BCUT2D eigenvalue weighted by Gasteiger charge is -2.26. The summed E-state index contributed by atoms with van der Waals surface area (Å²) >= 11 is 3.21. The molecule has 0 spiro atoms. The zero-order chi connectivity index (χ0) is 21.4. The average Bonchev–Trinajstić information content (AvgIpc) is 3.17. The fraction of sp³-hybridized carbons (Fsp3) is 0.280. The molecule has 0 bridgehead atoms. The van der Waals surface area contributed by atoms with Gasteiger partial charge in [0.25, 0.3) is 5.56 Å². The Labute approximate surface area is 189 Å². The Morgan fingerprint density at radius 1 is 1.13 bits per heavy atom. The predicted octanol–water partition coefficient (Wildman–Crippen LogP) is 5.84. The van der Waals surface area contributed by atoms with Crippen LogP contribution >= 0.6 is 23.1 Å². The van der Waals surface area contributed by atoms with Gasteiger partial charge in [0.15, 0.2) is 5.16 Å². The van der Waals surface area contributed by atoms with Gasteiger partial charge in [-0.3, -0.25) is 9.36 Å². The molecule has 5 rings (SSSR count). The van der Waals surface area contributed by atoms with Crippen LogP contribution in [0.3, 0.4) is 0 Å². The van der Waals surface area contributed by atoms with E-state index in [0.717, 1.165) is 43.7 Å². The normalized spacial score (nSPS) is 16.0. The zero-order valence-electron chi connectivity index (χ0n) is 17.6. The number of thiophene rings is 1. The molecule has 158 valence electrons. The fourth-order valence-corrected chi connectivity index (χ4v) is 6.09. The predicted molar refractivity (Wildman–Crippen MR) is 128 cm³/mol. The molecule has 2 aromatic heterocycles. The molecule has 1 aliphatic heterocycles. The van der Waals surface area contributed by atoms with Gasteiger partial charge in [-0.25, -0.2) is 4.98 Å². The molecule has 0 N–H and O–H groups in total. The van der Waals surface area contributed by atoms with Crippen LogP contribution in [-0.4, -0.2) is 15.7 Å². The summed E-state index contributed by atoms with van der Waals surface area (Å²) in [4.78, 5) is 20.8. The molecule has 0 saturated carbocycles. The molecular weight excluding hydrogens is 424 g/mol. The number of aromatic nitrogens is 2. The van der Waals surface area contributed by atoms with E-state index in [2.05, 4.69) is 26.0 Å². The molecule has 31 heavy (non-hydrogen) atoms. The van der Waals surface area contributed by atoms with Crippen molar-refractivity contribution >= 4 is 33.3 Å². The van der Waals surface area contributed by atoms with Crippen LogP contribution in [-0.2, 0) is 23.5 Å². The number of nitrogens with zero attached hydrogens (tertiary/aromatic N) is 2. The maximum Gasteiger partial charge on any atom is 0.267 e. The van der Waals surface area contributed by atoms with Crippen LogP contribution in [0.2, 0.25) is 0 Å². The highest BCUT2D eigenvalue weighted by Crippen LogP contribution is 2.36. The van der Waals surface area contributed by atoms with Gasteiger partial charge in [-0.05, 0) is 29.2 Å². The zero-order valence-corrected chi connectivity index (χ0v) is 19.2. The molecule has 0 unspecified atom stereocenters. The number of benzene rings is 2. The smallest absolute Gasteiger partial charge is 0.267 e. The first kappa shape index (κ1) is 20.5. The van der Waals surface area contributed by atoms with Crippen molar-refractivity contribution in [1.82, 2.24) is 9.55 Å². The minimum Gasteiger partial charge on any atom is -0.372 e. The van der Waals surface area contributed by atoms with E-state index < -0.39 is 0 Å². The van der Waals surface area contributed by atoms with Crippen molar-refractivity contribution in [2.75, 3.05) is 0 Å². The highest BCUT2D eigenvalue weighted by Gasteiger charge is 2.28. The standard InChI is InChI=1S/C25H24N2O2S2/c1-16(2)20-13-19-21(14-29-20)31-23-22(19)24(28)27(18-11-7-4-8-12-18)25(26-23)30-15-17-9-5-3-6-10-17/h3-12,16,20H,13-15H2,1-2H3/t20-/m1/s1. The van der Waals surface area contributed by atoms with Crippen molar-refractivity contribution in [3.63, 3.8) is 0 Å². The summed E-state index contributed by atoms with van der Waals surface area (Å²) in [6.45, 7) is 4.91. The van der Waals surface area contributed by atoms with E-state index in [1.807, 2.05) is 48.5 Å². The SMILES string of the molecule is CC(C)[C@H]1Cc2c(sc3nc(SCc4ccccc4)n(-c4ccccc4)c(=O)c23)CO1. The first-order valence-corrected chi connectivity index (χ1v) is 12.3. The van der Waals surface area contributed by atoms with E-state index in [4.69, 9.17) is 9.72 Å². The molecule has 1 aliphatic rings. The summed E-state index contributed by atoms with van der Waals surface area (Å²) in [5, 5.41) is 1.49. The van der Waals surface area contributed by atoms with E-state index in [0.29, 0.717) is 12.5 Å². The summed E-state index contributed by atoms with van der Waals surface area (Å²) in [7, 11) is 0. The Kier molecular flexibility index (Phi) is 5.69. The molecule has 0 saturated heterocycles. The van der Waals surface area contributed by atoms with Gasteiger partial charge in [-0.2, -0.15) is 0 Å². The fourth-order valence-electron chi connectivity index (χ4n) is 3.96. The summed E-state index contributed by atoms with van der Waals surface area (Å²) in [6, 6.07) is 20.1. The molecule has 1 atom stereocenters. The van der Waals surface area contributed by atoms with Crippen LogP contribution in [0.1, 0.15) is 29.9 Å². The van der Waals surface area contributed by atoms with Crippen LogP contribution in [0.5, 0.6) is 0 Å². The van der Waals surface area contributed by atoms with E-state index >= 15 is 0 Å². The Bertz CT molecular complexity index is 1260. The second kappa shape index (κ2) is 8.61. The van der Waals surface area contributed by atoms with Crippen molar-refractivity contribution in [1.29, 1.82) is 0 Å². The Morgan fingerprint density at radius 3 is 2.55 bits per heavy atom.